The highest BCUT2D eigenvalue weighted by molar-refractivity contribution is 6.10. The van der Waals surface area contributed by atoms with Crippen LogP contribution in [0.15, 0.2) is 6.07 Å². The average molecular weight is 507 g/mol. The summed E-state index contributed by atoms with van der Waals surface area (Å²) in [6.45, 7) is 7.83. The summed E-state index contributed by atoms with van der Waals surface area (Å²) in [6.07, 6.45) is -5.49. The van der Waals surface area contributed by atoms with E-state index in [4.69, 9.17) is 11.5 Å². The quantitative estimate of drug-likeness (QED) is 0.144. The molecule has 0 radical (unpaired) electrons. The molecule has 1 aromatic rings. The third-order valence-corrected chi connectivity index (χ3v) is 9.75. The maximum atomic E-state index is 13.8. The number of ketones is 2. The highest BCUT2D eigenvalue weighted by Crippen LogP contribution is 2.68. The lowest BCUT2D eigenvalue weighted by Gasteiger charge is -2.69. The molecule has 10 atom stereocenters. The third kappa shape index (κ3) is 2.64. The fourth-order valence-corrected chi connectivity index (χ4v) is 7.82. The first-order valence-electron chi connectivity index (χ1n) is 11.9. The number of nitrogen functional groups attached to an aromatic ring is 1. The first-order chi connectivity index (χ1) is 16.4. The van der Waals surface area contributed by atoms with Crippen LogP contribution in [-0.2, 0) is 9.59 Å². The smallest absolute Gasteiger partial charge is 0.230 e. The van der Waals surface area contributed by atoms with E-state index >= 15 is 0 Å². The van der Waals surface area contributed by atoms with Gasteiger partial charge < -0.3 is 42.1 Å². The Kier molecular flexibility index (Phi) is 5.59. The van der Waals surface area contributed by atoms with Crippen molar-refractivity contribution in [1.82, 2.24) is 0 Å². The SMILES string of the molecule is CC(C)[C@H]1C(O)C(C(N)=O)C(=O)[C@]2(O)C(O)C3C(=O)c4c(cc(O)c(N)c4O)[C@@H](C)[C@]3(C)[C@@H](O)[C@]12C. The lowest BCUT2D eigenvalue weighted by atomic mass is 9.36. The van der Waals surface area contributed by atoms with E-state index in [1.165, 1.54) is 19.9 Å². The molecule has 4 rings (SSSR count). The van der Waals surface area contributed by atoms with Crippen LogP contribution in [0.2, 0.25) is 0 Å². The van der Waals surface area contributed by atoms with Crippen LogP contribution in [0.4, 0.5) is 5.69 Å². The molecule has 1 aromatic carbocycles. The summed E-state index contributed by atoms with van der Waals surface area (Å²) >= 11 is 0. The predicted octanol–water partition coefficient (Wildman–Crippen LogP) is -0.608. The van der Waals surface area contributed by atoms with Gasteiger partial charge in [-0.3, -0.25) is 14.4 Å². The first kappa shape index (κ1) is 26.3. The van der Waals surface area contributed by atoms with Gasteiger partial charge in [0, 0.05) is 10.8 Å². The second-order valence-corrected chi connectivity index (χ2v) is 11.5. The number of amides is 1. The molecule has 0 bridgehead atoms. The van der Waals surface area contributed by atoms with E-state index in [-0.39, 0.29) is 11.1 Å². The molecule has 198 valence electrons. The van der Waals surface area contributed by atoms with E-state index < -0.39 is 99.0 Å². The molecular formula is C25H34N2O9. The molecule has 0 aliphatic heterocycles. The second-order valence-electron chi connectivity index (χ2n) is 11.5. The average Bonchev–Trinajstić information content (AvgIpc) is 2.77. The molecular weight excluding hydrogens is 472 g/mol. The molecule has 0 spiro atoms. The number of rotatable bonds is 2. The molecule has 0 heterocycles. The van der Waals surface area contributed by atoms with E-state index in [1.807, 2.05) is 0 Å². The molecule has 2 saturated carbocycles. The number of aromatic hydroxyl groups is 2. The zero-order chi connectivity index (χ0) is 27.4. The monoisotopic (exact) mass is 506 g/mol. The number of aliphatic hydroxyl groups is 4. The molecule has 3 aliphatic carbocycles. The van der Waals surface area contributed by atoms with Gasteiger partial charge in [0.15, 0.2) is 22.9 Å². The van der Waals surface area contributed by atoms with Crippen molar-refractivity contribution in [2.45, 2.75) is 64.4 Å². The Morgan fingerprint density at radius 1 is 1.11 bits per heavy atom. The van der Waals surface area contributed by atoms with Crippen molar-refractivity contribution in [3.8, 4) is 11.5 Å². The van der Waals surface area contributed by atoms with Crippen molar-refractivity contribution in [3.63, 3.8) is 0 Å². The van der Waals surface area contributed by atoms with Gasteiger partial charge in [-0.15, -0.1) is 0 Å². The Morgan fingerprint density at radius 2 is 1.67 bits per heavy atom. The fourth-order valence-electron chi connectivity index (χ4n) is 7.82. The molecule has 3 aliphatic rings. The highest BCUT2D eigenvalue weighted by atomic mass is 16.4. The number of carbonyl (C=O) groups excluding carboxylic acids is 3. The number of carbonyl (C=O) groups is 3. The summed E-state index contributed by atoms with van der Waals surface area (Å²) in [7, 11) is 0. The van der Waals surface area contributed by atoms with E-state index in [2.05, 4.69) is 0 Å². The van der Waals surface area contributed by atoms with Crippen LogP contribution >= 0.6 is 0 Å². The van der Waals surface area contributed by atoms with Gasteiger partial charge in [-0.25, -0.2) is 0 Å². The Labute approximate surface area is 207 Å². The minimum Gasteiger partial charge on any atom is -0.506 e. The Bertz CT molecular complexity index is 1180. The maximum absolute atomic E-state index is 13.8. The third-order valence-electron chi connectivity index (χ3n) is 9.75. The van der Waals surface area contributed by atoms with Crippen LogP contribution < -0.4 is 11.5 Å². The minimum atomic E-state index is -2.85. The summed E-state index contributed by atoms with van der Waals surface area (Å²) in [6, 6.07) is 1.21. The number of aliphatic hydroxyl groups excluding tert-OH is 3. The van der Waals surface area contributed by atoms with Gasteiger partial charge in [-0.2, -0.15) is 0 Å². The number of primary amides is 1. The first-order valence-corrected chi connectivity index (χ1v) is 11.9. The van der Waals surface area contributed by atoms with Gasteiger partial charge >= 0.3 is 0 Å². The van der Waals surface area contributed by atoms with Gasteiger partial charge in [0.1, 0.15) is 23.5 Å². The summed E-state index contributed by atoms with van der Waals surface area (Å²) < 4.78 is 0. The Balaban J connectivity index is 2.07. The van der Waals surface area contributed by atoms with Gasteiger partial charge in [-0.1, -0.05) is 34.6 Å². The normalized spacial score (nSPS) is 44.1. The standard InChI is InChI=1S/C25H34N2O9/c1-7(2)13-17(30)12(21(27)34)19(32)25(36)20(33)14-16(29)11-9(6-10(28)15(26)18(11)31)8(3)23(14,4)22(35)24(13,25)5/h6-8,12-14,17,20,22,28,30-31,33,35-36H,26H2,1-5H3,(H2,27,34)/t8-,12?,13+,14?,17?,20?,22-,23+,24+,25+/m1/s1. The molecule has 11 heteroatoms. The van der Waals surface area contributed by atoms with E-state index in [0.29, 0.717) is 0 Å². The molecule has 36 heavy (non-hydrogen) atoms. The van der Waals surface area contributed by atoms with Crippen molar-refractivity contribution in [2.24, 2.45) is 40.2 Å². The lowest BCUT2D eigenvalue weighted by molar-refractivity contribution is -0.306. The van der Waals surface area contributed by atoms with E-state index in [0.717, 1.165) is 0 Å². The Morgan fingerprint density at radius 3 is 2.17 bits per heavy atom. The predicted molar refractivity (Wildman–Crippen MR) is 126 cm³/mol. The topological polar surface area (TPSA) is 225 Å². The number of hydrogen-bond acceptors (Lipinski definition) is 10. The van der Waals surface area contributed by atoms with Crippen LogP contribution in [0.1, 0.15) is 56.5 Å². The minimum absolute atomic E-state index is 0.169. The summed E-state index contributed by atoms with van der Waals surface area (Å²) in [5, 5.41) is 67.8. The van der Waals surface area contributed by atoms with Crippen LogP contribution in [0.3, 0.4) is 0 Å². The number of benzene rings is 1. The number of hydrogen-bond donors (Lipinski definition) is 8. The van der Waals surface area contributed by atoms with Gasteiger partial charge in [0.2, 0.25) is 5.91 Å². The molecule has 4 unspecified atom stereocenters. The molecule has 11 nitrogen and oxygen atoms in total. The fraction of sp³-hybridized carbons (Fsp3) is 0.640. The van der Waals surface area contributed by atoms with E-state index in [1.54, 1.807) is 20.8 Å². The summed E-state index contributed by atoms with van der Waals surface area (Å²) in [5.41, 5.74) is 4.22. The summed E-state index contributed by atoms with van der Waals surface area (Å²) in [5.74, 6) is -10.5. The van der Waals surface area contributed by atoms with Crippen molar-refractivity contribution in [2.75, 3.05) is 5.73 Å². The molecule has 1 amide bonds. The number of phenolic OH excluding ortho intramolecular Hbond substituents is 2. The zero-order valence-corrected chi connectivity index (χ0v) is 20.8. The van der Waals surface area contributed by atoms with E-state index in [9.17, 15) is 45.0 Å². The second kappa shape index (κ2) is 7.64. The molecule has 10 N–H and O–H groups in total. The Hall–Kier alpha value is -2.73. The number of Topliss-reactive ketones (excluding diaryl/α,β-unsaturated/α-hetero) is 2. The number of fused-ring (bicyclic) bond motifs is 3. The van der Waals surface area contributed by atoms with Crippen molar-refractivity contribution in [1.29, 1.82) is 0 Å². The van der Waals surface area contributed by atoms with Crippen LogP contribution in [0.5, 0.6) is 11.5 Å². The van der Waals surface area contributed by atoms with Crippen molar-refractivity contribution in [3.05, 3.63) is 17.2 Å². The van der Waals surface area contributed by atoms with Crippen LogP contribution in [-0.4, -0.2) is 72.0 Å². The largest absolute Gasteiger partial charge is 0.506 e. The highest BCUT2D eigenvalue weighted by Gasteiger charge is 2.80. The maximum Gasteiger partial charge on any atom is 0.230 e. The zero-order valence-electron chi connectivity index (χ0n) is 20.8. The molecule has 0 aromatic heterocycles. The molecule has 0 saturated heterocycles. The summed E-state index contributed by atoms with van der Waals surface area (Å²) in [4.78, 5) is 39.7. The van der Waals surface area contributed by atoms with Crippen molar-refractivity contribution < 1.29 is 45.0 Å². The van der Waals surface area contributed by atoms with Crippen molar-refractivity contribution >= 4 is 23.2 Å². The molecule has 2 fully saturated rings. The number of nitrogens with two attached hydrogens (primary N) is 2. The number of anilines is 1. The number of phenols is 2. The van der Waals surface area contributed by atoms with Crippen LogP contribution in [0.25, 0.3) is 0 Å². The van der Waals surface area contributed by atoms with Gasteiger partial charge in [0.05, 0.1) is 23.7 Å². The van der Waals surface area contributed by atoms with Crippen LogP contribution in [0, 0.1) is 34.5 Å². The van der Waals surface area contributed by atoms with Gasteiger partial charge in [-0.05, 0) is 29.4 Å². The lowest BCUT2D eigenvalue weighted by Crippen LogP contribution is -2.83. The van der Waals surface area contributed by atoms with Gasteiger partial charge in [0.25, 0.3) is 0 Å².